The third-order valence-corrected chi connectivity index (χ3v) is 7.57. The molecule has 4 aliphatic rings. The van der Waals surface area contributed by atoms with E-state index in [-0.39, 0.29) is 0 Å². The highest BCUT2D eigenvalue weighted by molar-refractivity contribution is 8.00. The molecule has 19 heavy (non-hydrogen) atoms. The first-order chi connectivity index (χ1) is 9.34. The molecule has 0 aromatic carbocycles. The van der Waals surface area contributed by atoms with E-state index >= 15 is 0 Å². The molecule has 4 fully saturated rings. The van der Waals surface area contributed by atoms with Gasteiger partial charge in [-0.3, -0.25) is 4.79 Å². The Morgan fingerprint density at radius 3 is 2.89 bits per heavy atom. The molecule has 0 spiro atoms. The number of carbonyl (C=O) groups is 1. The first-order valence-electron chi connectivity index (χ1n) is 7.94. The fourth-order valence-electron chi connectivity index (χ4n) is 5.12. The van der Waals surface area contributed by atoms with Crippen LogP contribution in [0.1, 0.15) is 25.7 Å². The largest absolute Gasteiger partial charge is 0.356 e. The van der Waals surface area contributed by atoms with E-state index in [4.69, 9.17) is 0 Å². The van der Waals surface area contributed by atoms with Crippen LogP contribution in [-0.4, -0.2) is 36.5 Å². The molecule has 1 amide bonds. The van der Waals surface area contributed by atoms with Crippen LogP contribution in [-0.2, 0) is 4.79 Å². The van der Waals surface area contributed by atoms with Crippen molar-refractivity contribution >= 4 is 17.7 Å². The van der Waals surface area contributed by atoms with Gasteiger partial charge in [-0.2, -0.15) is 11.8 Å². The second-order valence-corrected chi connectivity index (χ2v) is 8.07. The van der Waals surface area contributed by atoms with Gasteiger partial charge in [0.2, 0.25) is 5.91 Å². The predicted octanol–water partition coefficient (Wildman–Crippen LogP) is 1.49. The van der Waals surface area contributed by atoms with Gasteiger partial charge in [-0.25, -0.2) is 0 Å². The zero-order valence-corrected chi connectivity index (χ0v) is 12.3. The first kappa shape index (κ1) is 12.5. The molecule has 0 bridgehead atoms. The lowest BCUT2D eigenvalue weighted by Gasteiger charge is -2.40. The van der Waals surface area contributed by atoms with E-state index in [0.717, 1.165) is 36.0 Å². The van der Waals surface area contributed by atoms with Crippen LogP contribution >= 0.6 is 11.8 Å². The third-order valence-electron chi connectivity index (χ3n) is 6.05. The number of piperidine rings is 1. The highest BCUT2D eigenvalue weighted by atomic mass is 32.2. The molecule has 0 aromatic rings. The molecule has 6 atom stereocenters. The van der Waals surface area contributed by atoms with Gasteiger partial charge in [0.1, 0.15) is 0 Å². The Morgan fingerprint density at radius 1 is 1.00 bits per heavy atom. The summed E-state index contributed by atoms with van der Waals surface area (Å²) in [6.07, 6.45) is 5.15. The molecule has 3 nitrogen and oxygen atoms in total. The van der Waals surface area contributed by atoms with Crippen molar-refractivity contribution in [2.45, 2.75) is 30.9 Å². The summed E-state index contributed by atoms with van der Waals surface area (Å²) in [5.41, 5.74) is 0. The van der Waals surface area contributed by atoms with Crippen molar-refractivity contribution in [1.29, 1.82) is 0 Å². The van der Waals surface area contributed by atoms with Crippen molar-refractivity contribution in [3.8, 4) is 0 Å². The van der Waals surface area contributed by atoms with Gasteiger partial charge in [-0.1, -0.05) is 6.42 Å². The van der Waals surface area contributed by atoms with Gasteiger partial charge in [0.05, 0.1) is 0 Å². The Labute approximate surface area is 119 Å². The summed E-state index contributed by atoms with van der Waals surface area (Å²) >= 11 is 2.20. The van der Waals surface area contributed by atoms with Crippen molar-refractivity contribution in [1.82, 2.24) is 10.6 Å². The molecule has 4 heteroatoms. The molecule has 0 radical (unpaired) electrons. The molecule has 3 saturated heterocycles. The first-order valence-corrected chi connectivity index (χ1v) is 8.99. The van der Waals surface area contributed by atoms with E-state index in [1.165, 1.54) is 38.1 Å². The highest BCUT2D eigenvalue weighted by Gasteiger charge is 2.49. The Hall–Kier alpha value is -0.220. The van der Waals surface area contributed by atoms with Crippen molar-refractivity contribution in [2.24, 2.45) is 29.6 Å². The predicted molar refractivity (Wildman–Crippen MR) is 78.0 cm³/mol. The summed E-state index contributed by atoms with van der Waals surface area (Å²) in [4.78, 5) is 11.9. The lowest BCUT2D eigenvalue weighted by Crippen LogP contribution is -2.42. The summed E-state index contributed by atoms with van der Waals surface area (Å²) in [5.74, 6) is 5.33. The van der Waals surface area contributed by atoms with Crippen LogP contribution in [0.25, 0.3) is 0 Å². The Kier molecular flexibility index (Phi) is 3.27. The topological polar surface area (TPSA) is 41.1 Å². The monoisotopic (exact) mass is 280 g/mol. The lowest BCUT2D eigenvalue weighted by molar-refractivity contribution is -0.124. The number of thioether (sulfide) groups is 1. The third kappa shape index (κ3) is 2.02. The van der Waals surface area contributed by atoms with Gasteiger partial charge in [0.15, 0.2) is 0 Å². The molecule has 3 aliphatic heterocycles. The number of carbonyl (C=O) groups excluding carboxylic acids is 1. The molecule has 106 valence electrons. The summed E-state index contributed by atoms with van der Waals surface area (Å²) in [5, 5.41) is 7.53. The second kappa shape index (κ2) is 4.96. The summed E-state index contributed by atoms with van der Waals surface area (Å²) in [6.45, 7) is 3.38. The van der Waals surface area contributed by atoms with Crippen LogP contribution in [0, 0.1) is 29.6 Å². The van der Waals surface area contributed by atoms with Crippen LogP contribution in [0.5, 0.6) is 0 Å². The SMILES string of the molecule is O=C1NCC2C1CCCC2C1CSC2CNCCC21. The maximum atomic E-state index is 11.9. The maximum absolute atomic E-state index is 11.9. The zero-order valence-electron chi connectivity index (χ0n) is 11.4. The average Bonchev–Trinajstić information content (AvgIpc) is 3.03. The maximum Gasteiger partial charge on any atom is 0.223 e. The molecule has 0 aromatic heterocycles. The summed E-state index contributed by atoms with van der Waals surface area (Å²) in [7, 11) is 0. The fraction of sp³-hybridized carbons (Fsp3) is 0.933. The zero-order chi connectivity index (χ0) is 12.8. The summed E-state index contributed by atoms with van der Waals surface area (Å²) < 4.78 is 0. The van der Waals surface area contributed by atoms with Crippen molar-refractivity contribution in [2.75, 3.05) is 25.4 Å². The molecule has 1 aliphatic carbocycles. The van der Waals surface area contributed by atoms with Gasteiger partial charge < -0.3 is 10.6 Å². The van der Waals surface area contributed by atoms with E-state index in [1.54, 1.807) is 0 Å². The standard InChI is InChI=1S/C15H24N2OS/c18-15-11-3-1-2-9(12(11)6-17-15)13-8-19-14-7-16-5-4-10(13)14/h9-14,16H,1-8H2,(H,17,18). The minimum Gasteiger partial charge on any atom is -0.356 e. The highest BCUT2D eigenvalue weighted by Crippen LogP contribution is 2.51. The van der Waals surface area contributed by atoms with Crippen LogP contribution in [0.3, 0.4) is 0 Å². The van der Waals surface area contributed by atoms with Crippen LogP contribution in [0.2, 0.25) is 0 Å². The average molecular weight is 280 g/mol. The summed E-state index contributed by atoms with van der Waals surface area (Å²) in [6, 6.07) is 0. The van der Waals surface area contributed by atoms with E-state index in [2.05, 4.69) is 22.4 Å². The molecule has 2 N–H and O–H groups in total. The Balaban J connectivity index is 1.53. The van der Waals surface area contributed by atoms with Crippen LogP contribution in [0.4, 0.5) is 0 Å². The Bertz CT molecular complexity index is 375. The van der Waals surface area contributed by atoms with Gasteiger partial charge >= 0.3 is 0 Å². The number of hydrogen-bond donors (Lipinski definition) is 2. The van der Waals surface area contributed by atoms with E-state index in [9.17, 15) is 4.79 Å². The van der Waals surface area contributed by atoms with Crippen molar-refractivity contribution in [3.63, 3.8) is 0 Å². The number of amides is 1. The number of rotatable bonds is 1. The minimum absolute atomic E-state index is 0.349. The number of fused-ring (bicyclic) bond motifs is 2. The van der Waals surface area contributed by atoms with Crippen molar-refractivity contribution < 1.29 is 4.79 Å². The van der Waals surface area contributed by atoms with E-state index < -0.39 is 0 Å². The number of nitrogens with one attached hydrogen (secondary N) is 2. The molecular formula is C15H24N2OS. The van der Waals surface area contributed by atoms with Crippen LogP contribution < -0.4 is 10.6 Å². The normalized spacial score (nSPS) is 49.6. The van der Waals surface area contributed by atoms with Crippen molar-refractivity contribution in [3.05, 3.63) is 0 Å². The lowest BCUT2D eigenvalue weighted by atomic mass is 9.64. The smallest absolute Gasteiger partial charge is 0.223 e. The van der Waals surface area contributed by atoms with Gasteiger partial charge in [-0.05, 0) is 55.2 Å². The minimum atomic E-state index is 0.349. The van der Waals surface area contributed by atoms with Gasteiger partial charge in [0, 0.05) is 24.3 Å². The van der Waals surface area contributed by atoms with E-state index in [1.807, 2.05) is 0 Å². The second-order valence-electron chi connectivity index (χ2n) is 6.80. The Morgan fingerprint density at radius 2 is 1.95 bits per heavy atom. The van der Waals surface area contributed by atoms with Gasteiger partial charge in [0.25, 0.3) is 0 Å². The molecule has 6 unspecified atom stereocenters. The van der Waals surface area contributed by atoms with Gasteiger partial charge in [-0.15, -0.1) is 0 Å². The molecule has 4 rings (SSSR count). The van der Waals surface area contributed by atoms with Crippen LogP contribution in [0.15, 0.2) is 0 Å². The fourth-order valence-corrected chi connectivity index (χ4v) is 6.91. The molecule has 1 saturated carbocycles. The number of hydrogen-bond acceptors (Lipinski definition) is 3. The quantitative estimate of drug-likeness (QED) is 0.764. The molecule has 3 heterocycles. The van der Waals surface area contributed by atoms with E-state index in [0.29, 0.717) is 17.7 Å². The molecular weight excluding hydrogens is 256 g/mol.